The van der Waals surface area contributed by atoms with Crippen LogP contribution < -0.4 is 20.8 Å². The lowest BCUT2D eigenvalue weighted by Crippen LogP contribution is -2.18. The molecule has 0 aliphatic carbocycles. The Labute approximate surface area is 166 Å². The van der Waals surface area contributed by atoms with Gasteiger partial charge in [-0.15, -0.1) is 5.10 Å². The number of anilines is 1. The Morgan fingerprint density at radius 3 is 2.69 bits per heavy atom. The van der Waals surface area contributed by atoms with Gasteiger partial charge in [0.1, 0.15) is 36.2 Å². The van der Waals surface area contributed by atoms with Gasteiger partial charge in [-0.05, 0) is 30.7 Å². The van der Waals surface area contributed by atoms with Gasteiger partial charge in [0.15, 0.2) is 0 Å². The highest BCUT2D eigenvalue weighted by atomic mass is 16.5. The normalized spacial score (nSPS) is 11.0. The summed E-state index contributed by atoms with van der Waals surface area (Å²) in [6.45, 7) is 2.59. The van der Waals surface area contributed by atoms with E-state index in [-0.39, 0.29) is 5.56 Å². The molecule has 0 aliphatic heterocycles. The molecule has 3 N–H and O–H groups in total. The lowest BCUT2D eigenvalue weighted by molar-refractivity contribution is 0.218. The number of aromatic nitrogens is 4. The number of nitrogens with zero attached hydrogens (tertiary/aromatic N) is 3. The van der Waals surface area contributed by atoms with Gasteiger partial charge in [-0.2, -0.15) is 0 Å². The van der Waals surface area contributed by atoms with Crippen LogP contribution in [-0.4, -0.2) is 33.2 Å². The molecule has 4 aromatic rings. The number of H-pyrrole nitrogens is 1. The molecule has 8 heteroatoms. The van der Waals surface area contributed by atoms with Crippen LogP contribution in [-0.2, 0) is 7.05 Å². The molecule has 0 aliphatic rings. The first kappa shape index (κ1) is 18.5. The minimum absolute atomic E-state index is 0.111. The summed E-state index contributed by atoms with van der Waals surface area (Å²) in [7, 11) is 1.76. The first-order valence-electron chi connectivity index (χ1n) is 9.16. The topological polar surface area (TPSA) is 108 Å². The Kier molecular flexibility index (Phi) is 4.90. The summed E-state index contributed by atoms with van der Waals surface area (Å²) in [6, 6.07) is 14.8. The predicted molar refractivity (Wildman–Crippen MR) is 111 cm³/mol. The van der Waals surface area contributed by atoms with Gasteiger partial charge in [-0.3, -0.25) is 4.79 Å². The molecule has 0 saturated heterocycles. The number of nitrogen functional groups attached to an aromatic ring is 1. The summed E-state index contributed by atoms with van der Waals surface area (Å²) in [5.74, 6) is 1.62. The van der Waals surface area contributed by atoms with E-state index in [9.17, 15) is 4.79 Å². The lowest BCUT2D eigenvalue weighted by atomic mass is 10.1. The highest BCUT2D eigenvalue weighted by Gasteiger charge is 2.10. The average Bonchev–Trinajstić information content (AvgIpc) is 3.15. The molecule has 0 radical (unpaired) electrons. The molecule has 2 heterocycles. The van der Waals surface area contributed by atoms with Crippen LogP contribution in [0.3, 0.4) is 0 Å². The predicted octanol–water partition coefficient (Wildman–Crippen LogP) is 2.67. The summed E-state index contributed by atoms with van der Waals surface area (Å²) in [5.41, 5.74) is 8.98. The Bertz CT molecular complexity index is 1230. The number of fused-ring (bicyclic) bond motifs is 1. The number of hydrogen-bond donors (Lipinski definition) is 2. The lowest BCUT2D eigenvalue weighted by Gasteiger charge is -2.14. The minimum atomic E-state index is -0.111. The summed E-state index contributed by atoms with van der Waals surface area (Å²) in [5, 5.41) is 11.2. The number of benzene rings is 2. The fraction of sp³-hybridized carbons (Fsp3) is 0.190. The van der Waals surface area contributed by atoms with Crippen LogP contribution in [0.2, 0.25) is 0 Å². The SMILES string of the molecule is Cc1cccc2c(OCCOc3cccc(-c4nn[nH]c4N)c3)cc(=O)n(C)c12. The first-order valence-corrected chi connectivity index (χ1v) is 9.16. The fourth-order valence-corrected chi connectivity index (χ4v) is 3.31. The zero-order chi connectivity index (χ0) is 20.4. The van der Waals surface area contributed by atoms with Gasteiger partial charge < -0.3 is 19.8 Å². The smallest absolute Gasteiger partial charge is 0.254 e. The van der Waals surface area contributed by atoms with Crippen molar-refractivity contribution in [3.8, 4) is 22.8 Å². The average molecular weight is 391 g/mol. The number of para-hydroxylation sites is 1. The zero-order valence-corrected chi connectivity index (χ0v) is 16.2. The van der Waals surface area contributed by atoms with Crippen molar-refractivity contribution in [2.75, 3.05) is 18.9 Å². The number of pyridine rings is 1. The van der Waals surface area contributed by atoms with E-state index in [2.05, 4.69) is 15.4 Å². The Morgan fingerprint density at radius 1 is 1.10 bits per heavy atom. The van der Waals surface area contributed by atoms with Crippen LogP contribution in [0.25, 0.3) is 22.2 Å². The quantitative estimate of drug-likeness (QED) is 0.489. The van der Waals surface area contributed by atoms with Crippen molar-refractivity contribution >= 4 is 16.7 Å². The van der Waals surface area contributed by atoms with Gasteiger partial charge in [0.05, 0.1) is 5.52 Å². The maximum atomic E-state index is 12.3. The van der Waals surface area contributed by atoms with E-state index < -0.39 is 0 Å². The van der Waals surface area contributed by atoms with Crippen molar-refractivity contribution in [2.45, 2.75) is 6.92 Å². The van der Waals surface area contributed by atoms with Crippen LogP contribution in [0, 0.1) is 6.92 Å². The highest BCUT2D eigenvalue weighted by Crippen LogP contribution is 2.27. The standard InChI is InChI=1S/C21H21N5O3/c1-13-5-3-8-16-17(12-18(27)26(2)20(13)16)29-10-9-28-15-7-4-6-14(11-15)19-21(22)24-25-23-19/h3-8,11-12H,9-10H2,1-2H3,(H3,22,23,24,25). The minimum Gasteiger partial charge on any atom is -0.490 e. The molecule has 2 aromatic heterocycles. The van der Waals surface area contributed by atoms with Gasteiger partial charge in [-0.1, -0.05) is 29.5 Å². The number of hydrogen-bond acceptors (Lipinski definition) is 6. The van der Waals surface area contributed by atoms with Crippen LogP contribution in [0.1, 0.15) is 5.56 Å². The van der Waals surface area contributed by atoms with Crippen LogP contribution in [0.5, 0.6) is 11.5 Å². The Balaban J connectivity index is 1.46. The number of aryl methyl sites for hydroxylation is 2. The van der Waals surface area contributed by atoms with Gasteiger partial charge >= 0.3 is 0 Å². The zero-order valence-electron chi connectivity index (χ0n) is 16.2. The van der Waals surface area contributed by atoms with E-state index in [1.165, 1.54) is 6.07 Å². The molecule has 0 unspecified atom stereocenters. The van der Waals surface area contributed by atoms with Gasteiger partial charge in [0, 0.05) is 24.1 Å². The molecule has 0 atom stereocenters. The third-order valence-corrected chi connectivity index (χ3v) is 4.72. The number of nitrogens with one attached hydrogen (secondary N) is 1. The summed E-state index contributed by atoms with van der Waals surface area (Å²) in [6.07, 6.45) is 0. The van der Waals surface area contributed by atoms with Crippen LogP contribution in [0.4, 0.5) is 5.82 Å². The Hall–Kier alpha value is -3.81. The molecule has 29 heavy (non-hydrogen) atoms. The number of nitrogens with two attached hydrogens (primary N) is 1. The molecule has 0 fully saturated rings. The molecule has 0 bridgehead atoms. The van der Waals surface area contributed by atoms with Crippen molar-refractivity contribution in [3.05, 3.63) is 64.4 Å². The molecule has 148 valence electrons. The summed E-state index contributed by atoms with van der Waals surface area (Å²) < 4.78 is 13.3. The van der Waals surface area contributed by atoms with Gasteiger partial charge in [0.2, 0.25) is 0 Å². The van der Waals surface area contributed by atoms with E-state index in [0.29, 0.717) is 36.2 Å². The molecule has 0 amide bonds. The number of rotatable bonds is 6. The maximum absolute atomic E-state index is 12.3. The molecule has 0 saturated carbocycles. The second kappa shape index (κ2) is 7.67. The van der Waals surface area contributed by atoms with Crippen molar-refractivity contribution in [1.29, 1.82) is 0 Å². The second-order valence-corrected chi connectivity index (χ2v) is 6.68. The van der Waals surface area contributed by atoms with Crippen LogP contribution >= 0.6 is 0 Å². The third kappa shape index (κ3) is 3.64. The number of ether oxygens (including phenoxy) is 2. The molecule has 2 aromatic carbocycles. The van der Waals surface area contributed by atoms with Crippen molar-refractivity contribution < 1.29 is 9.47 Å². The number of aromatic amines is 1. The molecule has 8 nitrogen and oxygen atoms in total. The Morgan fingerprint density at radius 2 is 1.90 bits per heavy atom. The van der Waals surface area contributed by atoms with Gasteiger partial charge in [0.25, 0.3) is 5.56 Å². The van der Waals surface area contributed by atoms with Crippen molar-refractivity contribution in [3.63, 3.8) is 0 Å². The second-order valence-electron chi connectivity index (χ2n) is 6.68. The molecular formula is C21H21N5O3. The summed E-state index contributed by atoms with van der Waals surface area (Å²) >= 11 is 0. The maximum Gasteiger partial charge on any atom is 0.254 e. The van der Waals surface area contributed by atoms with E-state index in [0.717, 1.165) is 22.0 Å². The van der Waals surface area contributed by atoms with Crippen LogP contribution in [0.15, 0.2) is 53.3 Å². The van der Waals surface area contributed by atoms with Crippen molar-refractivity contribution in [2.24, 2.45) is 7.05 Å². The largest absolute Gasteiger partial charge is 0.490 e. The van der Waals surface area contributed by atoms with E-state index >= 15 is 0 Å². The summed E-state index contributed by atoms with van der Waals surface area (Å²) in [4.78, 5) is 12.3. The van der Waals surface area contributed by atoms with Gasteiger partial charge in [-0.25, -0.2) is 5.10 Å². The first-order chi connectivity index (χ1) is 14.0. The highest BCUT2D eigenvalue weighted by molar-refractivity contribution is 5.87. The van der Waals surface area contributed by atoms with E-state index in [1.54, 1.807) is 11.6 Å². The monoisotopic (exact) mass is 391 g/mol. The third-order valence-electron chi connectivity index (χ3n) is 4.72. The molecule has 4 rings (SSSR count). The van der Waals surface area contributed by atoms with E-state index in [1.807, 2.05) is 49.4 Å². The fourth-order valence-electron chi connectivity index (χ4n) is 3.31. The molecular weight excluding hydrogens is 370 g/mol. The van der Waals surface area contributed by atoms with Crippen molar-refractivity contribution in [1.82, 2.24) is 20.0 Å². The molecule has 0 spiro atoms. The van der Waals surface area contributed by atoms with E-state index in [4.69, 9.17) is 15.2 Å².